The number of hydrogen-bond acceptors (Lipinski definition) is 4. The van der Waals surface area contributed by atoms with E-state index in [4.69, 9.17) is 5.11 Å². The average Bonchev–Trinajstić information content (AvgIpc) is 2.43. The number of imide groups is 1. The minimum absolute atomic E-state index is 0.0181. The van der Waals surface area contributed by atoms with Crippen LogP contribution >= 0.6 is 0 Å². The molecule has 7 nitrogen and oxygen atoms in total. The van der Waals surface area contributed by atoms with Gasteiger partial charge in [-0.25, -0.2) is 13.6 Å². The molecule has 1 aliphatic rings. The summed E-state index contributed by atoms with van der Waals surface area (Å²) in [5, 5.41) is 13.0. The number of hydrogen-bond donors (Lipinski definition) is 3. The third-order valence-corrected chi connectivity index (χ3v) is 3.09. The molecule has 1 heterocycles. The molecule has 22 heavy (non-hydrogen) atoms. The van der Waals surface area contributed by atoms with Crippen LogP contribution in [-0.4, -0.2) is 34.8 Å². The quantitative estimate of drug-likeness (QED) is 0.690. The molecule has 1 saturated heterocycles. The Morgan fingerprint density at radius 1 is 1.18 bits per heavy atom. The maximum absolute atomic E-state index is 13.7. The van der Waals surface area contributed by atoms with Crippen molar-refractivity contribution in [2.45, 2.75) is 18.9 Å². The van der Waals surface area contributed by atoms with Crippen molar-refractivity contribution in [2.24, 2.45) is 0 Å². The minimum atomic E-state index is -1.81. The van der Waals surface area contributed by atoms with Crippen molar-refractivity contribution in [1.29, 1.82) is 0 Å². The number of carboxylic acid groups (broad SMARTS) is 1. The number of aromatic carboxylic acids is 1. The number of nitrogens with one attached hydrogen (secondary N) is 2. The number of carbonyl (C=O) groups excluding carboxylic acids is 3. The van der Waals surface area contributed by atoms with Gasteiger partial charge in [0.2, 0.25) is 11.8 Å². The fourth-order valence-corrected chi connectivity index (χ4v) is 2.04. The molecule has 1 aromatic rings. The zero-order valence-electron chi connectivity index (χ0n) is 11.0. The van der Waals surface area contributed by atoms with Crippen LogP contribution in [0.5, 0.6) is 0 Å². The van der Waals surface area contributed by atoms with Crippen molar-refractivity contribution < 1.29 is 33.1 Å². The van der Waals surface area contributed by atoms with Gasteiger partial charge in [-0.2, -0.15) is 0 Å². The third kappa shape index (κ3) is 2.92. The Morgan fingerprint density at radius 3 is 2.32 bits per heavy atom. The summed E-state index contributed by atoms with van der Waals surface area (Å²) in [5.74, 6) is -6.88. The fraction of sp³-hybridized carbons (Fsp3) is 0.231. The molecule has 3 amide bonds. The second-order valence-electron chi connectivity index (χ2n) is 4.56. The van der Waals surface area contributed by atoms with Crippen LogP contribution in [0, 0.1) is 11.6 Å². The van der Waals surface area contributed by atoms with E-state index in [-0.39, 0.29) is 12.8 Å². The van der Waals surface area contributed by atoms with Crippen LogP contribution < -0.4 is 10.6 Å². The highest BCUT2D eigenvalue weighted by atomic mass is 19.1. The molecule has 1 fully saturated rings. The zero-order valence-corrected chi connectivity index (χ0v) is 11.0. The van der Waals surface area contributed by atoms with Gasteiger partial charge < -0.3 is 10.4 Å². The molecule has 0 saturated carbocycles. The third-order valence-electron chi connectivity index (χ3n) is 3.09. The summed E-state index contributed by atoms with van der Waals surface area (Å²) in [6, 6.07) is 0.0670. The van der Waals surface area contributed by atoms with E-state index >= 15 is 0 Å². The molecule has 0 radical (unpaired) electrons. The Bertz CT molecular complexity index is 689. The molecule has 1 unspecified atom stereocenters. The highest BCUT2D eigenvalue weighted by molar-refractivity contribution is 6.08. The standard InChI is InChI=1S/C13H10F2N2O5/c14-5-1-2-6(15)10(13(21)22)9(5)12(20)16-7-3-4-8(18)17-11(7)19/h1-2,7H,3-4H2,(H,16,20)(H,21,22)(H,17,18,19). The van der Waals surface area contributed by atoms with Crippen LogP contribution in [0.25, 0.3) is 0 Å². The Morgan fingerprint density at radius 2 is 1.77 bits per heavy atom. The van der Waals surface area contributed by atoms with Gasteiger partial charge in [-0.1, -0.05) is 0 Å². The Labute approximate surface area is 122 Å². The summed E-state index contributed by atoms with van der Waals surface area (Å²) in [6.07, 6.45) is -0.0517. The lowest BCUT2D eigenvalue weighted by Gasteiger charge is -2.22. The van der Waals surface area contributed by atoms with Crippen molar-refractivity contribution in [3.8, 4) is 0 Å². The summed E-state index contributed by atoms with van der Waals surface area (Å²) >= 11 is 0. The lowest BCUT2D eigenvalue weighted by Crippen LogP contribution is -2.52. The van der Waals surface area contributed by atoms with Crippen LogP contribution in [0.3, 0.4) is 0 Å². The number of piperidine rings is 1. The predicted molar refractivity (Wildman–Crippen MR) is 67.0 cm³/mol. The fourth-order valence-electron chi connectivity index (χ4n) is 2.04. The van der Waals surface area contributed by atoms with Gasteiger partial charge >= 0.3 is 5.97 Å². The van der Waals surface area contributed by atoms with Crippen LogP contribution in [0.2, 0.25) is 0 Å². The summed E-state index contributed by atoms with van der Waals surface area (Å²) in [4.78, 5) is 45.5. The van der Waals surface area contributed by atoms with Crippen molar-refractivity contribution >= 4 is 23.7 Å². The first-order chi connectivity index (χ1) is 10.3. The number of halogens is 2. The molecule has 3 N–H and O–H groups in total. The molecular weight excluding hydrogens is 302 g/mol. The molecule has 1 aromatic carbocycles. The smallest absolute Gasteiger partial charge is 0.339 e. The number of benzene rings is 1. The summed E-state index contributed by atoms with van der Waals surface area (Å²) in [7, 11) is 0. The van der Waals surface area contributed by atoms with E-state index in [0.29, 0.717) is 12.1 Å². The van der Waals surface area contributed by atoms with Crippen molar-refractivity contribution in [1.82, 2.24) is 10.6 Å². The lowest BCUT2D eigenvalue weighted by atomic mass is 10.0. The SMILES string of the molecule is O=C1CCC(NC(=O)c2c(F)ccc(F)c2C(=O)O)C(=O)N1. The van der Waals surface area contributed by atoms with E-state index < -0.39 is 52.5 Å². The van der Waals surface area contributed by atoms with Crippen LogP contribution in [0.1, 0.15) is 33.6 Å². The first-order valence-electron chi connectivity index (χ1n) is 6.17. The number of carbonyl (C=O) groups is 4. The van der Waals surface area contributed by atoms with Gasteiger partial charge in [-0.3, -0.25) is 19.7 Å². The Kier molecular flexibility index (Phi) is 4.15. The minimum Gasteiger partial charge on any atom is -0.478 e. The van der Waals surface area contributed by atoms with Gasteiger partial charge in [0.05, 0.1) is 5.56 Å². The molecule has 0 aromatic heterocycles. The molecule has 1 atom stereocenters. The van der Waals surface area contributed by atoms with E-state index in [2.05, 4.69) is 5.32 Å². The van der Waals surface area contributed by atoms with Crippen LogP contribution in [0.4, 0.5) is 8.78 Å². The van der Waals surface area contributed by atoms with E-state index in [1.165, 1.54) is 0 Å². The molecule has 1 aliphatic heterocycles. The van der Waals surface area contributed by atoms with E-state index in [9.17, 15) is 28.0 Å². The molecule has 2 rings (SSSR count). The highest BCUT2D eigenvalue weighted by Gasteiger charge is 2.31. The van der Waals surface area contributed by atoms with Crippen molar-refractivity contribution in [3.63, 3.8) is 0 Å². The lowest BCUT2D eigenvalue weighted by molar-refractivity contribution is -0.134. The Balaban J connectivity index is 2.30. The van der Waals surface area contributed by atoms with Crippen molar-refractivity contribution in [2.75, 3.05) is 0 Å². The zero-order chi connectivity index (χ0) is 16.4. The highest BCUT2D eigenvalue weighted by Crippen LogP contribution is 2.18. The number of amides is 3. The monoisotopic (exact) mass is 312 g/mol. The summed E-state index contributed by atoms with van der Waals surface area (Å²) in [5.41, 5.74) is -2.12. The molecule has 0 bridgehead atoms. The first-order valence-corrected chi connectivity index (χ1v) is 6.17. The molecule has 116 valence electrons. The van der Waals surface area contributed by atoms with Gasteiger partial charge in [0.15, 0.2) is 0 Å². The van der Waals surface area contributed by atoms with Crippen LogP contribution in [0.15, 0.2) is 12.1 Å². The van der Waals surface area contributed by atoms with Gasteiger partial charge in [0.1, 0.15) is 23.2 Å². The Hall–Kier alpha value is -2.84. The number of rotatable bonds is 3. The molecule has 0 spiro atoms. The normalized spacial score (nSPS) is 17.8. The van der Waals surface area contributed by atoms with E-state index in [0.717, 1.165) is 0 Å². The summed E-state index contributed by atoms with van der Waals surface area (Å²) < 4.78 is 27.2. The second-order valence-corrected chi connectivity index (χ2v) is 4.56. The number of carboxylic acids is 1. The van der Waals surface area contributed by atoms with E-state index in [1.807, 2.05) is 5.32 Å². The maximum atomic E-state index is 13.7. The summed E-state index contributed by atoms with van der Waals surface area (Å²) in [6.45, 7) is 0. The first kappa shape index (κ1) is 15.5. The van der Waals surface area contributed by atoms with Crippen LogP contribution in [-0.2, 0) is 9.59 Å². The molecule has 0 aliphatic carbocycles. The van der Waals surface area contributed by atoms with Gasteiger partial charge in [-0.05, 0) is 18.6 Å². The predicted octanol–water partition coefficient (Wildman–Crippen LogP) is 0.198. The van der Waals surface area contributed by atoms with Gasteiger partial charge in [-0.15, -0.1) is 0 Å². The largest absolute Gasteiger partial charge is 0.478 e. The molecular formula is C13H10F2N2O5. The average molecular weight is 312 g/mol. The van der Waals surface area contributed by atoms with Gasteiger partial charge in [0, 0.05) is 6.42 Å². The molecule has 9 heteroatoms. The van der Waals surface area contributed by atoms with E-state index in [1.54, 1.807) is 0 Å². The second kappa shape index (κ2) is 5.88. The van der Waals surface area contributed by atoms with Crippen molar-refractivity contribution in [3.05, 3.63) is 34.9 Å². The van der Waals surface area contributed by atoms with Gasteiger partial charge in [0.25, 0.3) is 5.91 Å². The maximum Gasteiger partial charge on any atom is 0.339 e. The topological polar surface area (TPSA) is 113 Å².